The number of carbonyl (C=O) groups excluding carboxylic acids is 1. The highest BCUT2D eigenvalue weighted by Gasteiger charge is 2.29. The lowest BCUT2D eigenvalue weighted by atomic mass is 10.1. The lowest BCUT2D eigenvalue weighted by molar-refractivity contribution is -0.146. The average molecular weight is 353 g/mol. The quantitative estimate of drug-likeness (QED) is 0.465. The molecule has 1 rings (SSSR count). The Labute approximate surface area is 114 Å². The van der Waals surface area contributed by atoms with E-state index in [-0.39, 0.29) is 5.97 Å². The highest BCUT2D eigenvalue weighted by Crippen LogP contribution is 2.24. The number of benzene rings is 1. The van der Waals surface area contributed by atoms with E-state index in [1.54, 1.807) is 12.1 Å². The number of alkyl halides is 1. The highest BCUT2D eigenvalue weighted by molar-refractivity contribution is 14.1. The number of carbonyl (C=O) groups is 1. The first-order valence-corrected chi connectivity index (χ1v) is 6.52. The molecular formula is C12H14ClIO2. The fourth-order valence-corrected chi connectivity index (χ4v) is 1.31. The summed E-state index contributed by atoms with van der Waals surface area (Å²) in [5.41, 5.74) is 0.945. The lowest BCUT2D eigenvalue weighted by Crippen LogP contribution is -2.29. The third-order valence-corrected chi connectivity index (χ3v) is 3.83. The maximum absolute atomic E-state index is 11.7. The van der Waals surface area contributed by atoms with Crippen LogP contribution >= 0.6 is 34.2 Å². The van der Waals surface area contributed by atoms with Gasteiger partial charge < -0.3 is 4.74 Å². The second-order valence-electron chi connectivity index (χ2n) is 3.75. The zero-order valence-electron chi connectivity index (χ0n) is 9.30. The average Bonchev–Trinajstić information content (AvgIpc) is 2.28. The van der Waals surface area contributed by atoms with Gasteiger partial charge in [-0.05, 0) is 31.0 Å². The minimum atomic E-state index is -0.440. The molecule has 88 valence electrons. The van der Waals surface area contributed by atoms with E-state index in [1.165, 1.54) is 0 Å². The van der Waals surface area contributed by atoms with Crippen molar-refractivity contribution in [3.8, 4) is 0 Å². The number of hydrogen-bond acceptors (Lipinski definition) is 2. The van der Waals surface area contributed by atoms with E-state index < -0.39 is 3.42 Å². The van der Waals surface area contributed by atoms with Crippen LogP contribution in [-0.4, -0.2) is 9.39 Å². The molecule has 0 aliphatic carbocycles. The maximum atomic E-state index is 11.7. The Morgan fingerprint density at radius 3 is 2.50 bits per heavy atom. The Kier molecular flexibility index (Phi) is 5.05. The topological polar surface area (TPSA) is 26.3 Å². The van der Waals surface area contributed by atoms with E-state index in [4.69, 9.17) is 16.3 Å². The van der Waals surface area contributed by atoms with Crippen LogP contribution in [0.15, 0.2) is 24.3 Å². The van der Waals surface area contributed by atoms with Gasteiger partial charge in [-0.25, -0.2) is 0 Å². The first-order valence-electron chi connectivity index (χ1n) is 5.06. The molecule has 1 atom stereocenters. The molecule has 0 radical (unpaired) electrons. The van der Waals surface area contributed by atoms with Gasteiger partial charge in [0.2, 0.25) is 0 Å². The minimum Gasteiger partial charge on any atom is -0.460 e. The summed E-state index contributed by atoms with van der Waals surface area (Å²) in [5, 5.41) is 0.683. The molecule has 0 heterocycles. The molecule has 0 N–H and O–H groups in total. The zero-order valence-corrected chi connectivity index (χ0v) is 12.2. The van der Waals surface area contributed by atoms with Crippen LogP contribution in [0.4, 0.5) is 0 Å². The van der Waals surface area contributed by atoms with Gasteiger partial charge in [-0.3, -0.25) is 4.79 Å². The molecule has 0 fully saturated rings. The Bertz CT molecular complexity index is 360. The molecule has 0 aromatic heterocycles. The predicted octanol–water partition coefficient (Wildman–Crippen LogP) is 3.99. The van der Waals surface area contributed by atoms with Crippen LogP contribution in [0.1, 0.15) is 25.8 Å². The minimum absolute atomic E-state index is 0.175. The van der Waals surface area contributed by atoms with Crippen molar-refractivity contribution in [2.75, 3.05) is 0 Å². The molecule has 4 heteroatoms. The van der Waals surface area contributed by atoms with Crippen molar-refractivity contribution in [1.82, 2.24) is 0 Å². The van der Waals surface area contributed by atoms with Crippen LogP contribution in [0, 0.1) is 0 Å². The largest absolute Gasteiger partial charge is 0.460 e. The molecule has 1 aromatic rings. The van der Waals surface area contributed by atoms with Crippen molar-refractivity contribution >= 4 is 40.2 Å². The summed E-state index contributed by atoms with van der Waals surface area (Å²) in [4.78, 5) is 11.7. The van der Waals surface area contributed by atoms with Crippen LogP contribution in [0.2, 0.25) is 5.02 Å². The van der Waals surface area contributed by atoms with Crippen molar-refractivity contribution in [1.29, 1.82) is 0 Å². The van der Waals surface area contributed by atoms with Gasteiger partial charge in [0.1, 0.15) is 10.0 Å². The maximum Gasteiger partial charge on any atom is 0.322 e. The van der Waals surface area contributed by atoms with Crippen LogP contribution in [0.25, 0.3) is 0 Å². The molecule has 0 saturated carbocycles. The van der Waals surface area contributed by atoms with Crippen molar-refractivity contribution in [2.45, 2.75) is 30.3 Å². The first kappa shape index (κ1) is 13.8. The monoisotopic (exact) mass is 352 g/mol. The molecule has 2 nitrogen and oxygen atoms in total. The fraction of sp³-hybridized carbons (Fsp3) is 0.417. The first-order chi connectivity index (χ1) is 7.45. The van der Waals surface area contributed by atoms with E-state index in [2.05, 4.69) is 22.6 Å². The Hall–Kier alpha value is -0.290. The van der Waals surface area contributed by atoms with Crippen LogP contribution < -0.4 is 0 Å². The molecule has 0 amide bonds. The molecule has 0 aliphatic rings. The van der Waals surface area contributed by atoms with E-state index in [0.717, 1.165) is 12.0 Å². The Morgan fingerprint density at radius 2 is 2.00 bits per heavy atom. The second kappa shape index (κ2) is 5.87. The molecule has 0 aliphatic heterocycles. The number of halogens is 2. The third-order valence-electron chi connectivity index (χ3n) is 2.37. The molecule has 0 bridgehead atoms. The zero-order chi connectivity index (χ0) is 12.2. The summed E-state index contributed by atoms with van der Waals surface area (Å²) in [7, 11) is 0. The van der Waals surface area contributed by atoms with Crippen molar-refractivity contribution in [3.05, 3.63) is 34.9 Å². The summed E-state index contributed by atoms with van der Waals surface area (Å²) in [6.07, 6.45) is 0.757. The van der Waals surface area contributed by atoms with Gasteiger partial charge in [-0.15, -0.1) is 0 Å². The van der Waals surface area contributed by atoms with Gasteiger partial charge in [-0.2, -0.15) is 0 Å². The van der Waals surface area contributed by atoms with E-state index in [9.17, 15) is 4.79 Å². The third kappa shape index (κ3) is 3.94. The van der Waals surface area contributed by atoms with E-state index in [1.807, 2.05) is 26.0 Å². The summed E-state index contributed by atoms with van der Waals surface area (Å²) in [6, 6.07) is 7.28. The summed E-state index contributed by atoms with van der Waals surface area (Å²) >= 11 is 7.88. The van der Waals surface area contributed by atoms with Crippen molar-refractivity contribution in [2.24, 2.45) is 0 Å². The van der Waals surface area contributed by atoms with Gasteiger partial charge in [0.15, 0.2) is 0 Å². The van der Waals surface area contributed by atoms with E-state index in [0.29, 0.717) is 11.6 Å². The summed E-state index contributed by atoms with van der Waals surface area (Å²) < 4.78 is 4.79. The van der Waals surface area contributed by atoms with Crippen LogP contribution in [-0.2, 0) is 16.1 Å². The summed E-state index contributed by atoms with van der Waals surface area (Å²) in [5.74, 6) is -0.175. The summed E-state index contributed by atoms with van der Waals surface area (Å²) in [6.45, 7) is 4.14. The number of ether oxygens (including phenoxy) is 1. The van der Waals surface area contributed by atoms with Gasteiger partial charge >= 0.3 is 5.97 Å². The highest BCUT2D eigenvalue weighted by atomic mass is 127. The number of hydrogen-bond donors (Lipinski definition) is 0. The molecule has 1 unspecified atom stereocenters. The van der Waals surface area contributed by atoms with E-state index >= 15 is 0 Å². The number of esters is 1. The van der Waals surface area contributed by atoms with Crippen molar-refractivity contribution in [3.63, 3.8) is 0 Å². The molecule has 1 aromatic carbocycles. The predicted molar refractivity (Wildman–Crippen MR) is 74.0 cm³/mol. The molecule has 16 heavy (non-hydrogen) atoms. The Balaban J connectivity index is 2.52. The van der Waals surface area contributed by atoms with Gasteiger partial charge in [0.25, 0.3) is 0 Å². The van der Waals surface area contributed by atoms with Gasteiger partial charge in [0.05, 0.1) is 0 Å². The second-order valence-corrected chi connectivity index (χ2v) is 6.57. The SMILES string of the molecule is CCC(C)(I)C(=O)OCc1ccc(Cl)cc1. The lowest BCUT2D eigenvalue weighted by Gasteiger charge is -2.18. The molecule has 0 saturated heterocycles. The molecular weight excluding hydrogens is 338 g/mol. The number of rotatable bonds is 4. The van der Waals surface area contributed by atoms with Gasteiger partial charge in [-0.1, -0.05) is 53.2 Å². The normalized spacial score (nSPS) is 14.2. The van der Waals surface area contributed by atoms with Crippen molar-refractivity contribution < 1.29 is 9.53 Å². The van der Waals surface area contributed by atoms with Gasteiger partial charge in [0, 0.05) is 5.02 Å². The Morgan fingerprint density at radius 1 is 1.44 bits per heavy atom. The molecule has 0 spiro atoms. The van der Waals surface area contributed by atoms with Crippen LogP contribution in [0.3, 0.4) is 0 Å². The standard InChI is InChI=1S/C12H14ClIO2/c1-3-12(2,14)11(15)16-8-9-4-6-10(13)7-5-9/h4-7H,3,8H2,1-2H3. The smallest absolute Gasteiger partial charge is 0.322 e. The van der Waals surface area contributed by atoms with Crippen LogP contribution in [0.5, 0.6) is 0 Å². The fourth-order valence-electron chi connectivity index (χ4n) is 1.02.